The molecule has 0 aromatic carbocycles. The van der Waals surface area contributed by atoms with Gasteiger partial charge in [0.15, 0.2) is 0 Å². The summed E-state index contributed by atoms with van der Waals surface area (Å²) in [6.07, 6.45) is 5.47. The van der Waals surface area contributed by atoms with Gasteiger partial charge in [0.1, 0.15) is 11.6 Å². The number of nitrogen functional groups attached to an aromatic ring is 1. The second-order valence-corrected chi connectivity index (χ2v) is 5.41. The number of anilines is 1. The molecule has 0 spiro atoms. The van der Waals surface area contributed by atoms with Crippen molar-refractivity contribution in [3.05, 3.63) is 15.1 Å². The molecule has 5 heteroatoms. The summed E-state index contributed by atoms with van der Waals surface area (Å²) >= 11 is 2.21. The van der Waals surface area contributed by atoms with Crippen molar-refractivity contribution in [1.29, 1.82) is 0 Å². The Morgan fingerprint density at radius 1 is 1.41 bits per heavy atom. The second-order valence-electron chi connectivity index (χ2n) is 4.33. The summed E-state index contributed by atoms with van der Waals surface area (Å²) < 4.78 is 6.69. The number of halogens is 1. The molecule has 0 bridgehead atoms. The number of rotatable bonds is 3. The molecule has 2 N–H and O–H groups in total. The summed E-state index contributed by atoms with van der Waals surface area (Å²) in [6, 6.07) is 0. The van der Waals surface area contributed by atoms with Gasteiger partial charge in [0.05, 0.1) is 15.4 Å². The molecule has 1 atom stereocenters. The monoisotopic (exact) mass is 347 g/mol. The Labute approximate surface area is 115 Å². The van der Waals surface area contributed by atoms with Crippen molar-refractivity contribution in [2.75, 3.05) is 12.3 Å². The molecule has 1 aromatic heterocycles. The lowest BCUT2D eigenvalue weighted by Gasteiger charge is -2.22. The standard InChI is InChI=1S/C12H18IN3O/c1-2-9-11(13)12(14)16-10(15-9)7-8-5-3-4-6-17-8/h8H,2-7H2,1H3,(H2,14,15,16). The number of aromatic nitrogens is 2. The third-order valence-corrected chi connectivity index (χ3v) is 4.19. The lowest BCUT2D eigenvalue weighted by atomic mass is 10.1. The number of hydrogen-bond acceptors (Lipinski definition) is 4. The van der Waals surface area contributed by atoms with Gasteiger partial charge >= 0.3 is 0 Å². The molecule has 1 fully saturated rings. The molecule has 0 aliphatic carbocycles. The summed E-state index contributed by atoms with van der Waals surface area (Å²) in [5, 5.41) is 0. The van der Waals surface area contributed by atoms with Crippen molar-refractivity contribution in [3.8, 4) is 0 Å². The van der Waals surface area contributed by atoms with Crippen molar-refractivity contribution >= 4 is 28.4 Å². The van der Waals surface area contributed by atoms with E-state index in [2.05, 4.69) is 39.5 Å². The molecule has 1 aromatic rings. The van der Waals surface area contributed by atoms with Gasteiger partial charge in [-0.1, -0.05) is 6.92 Å². The molecule has 1 aliphatic rings. The first kappa shape index (κ1) is 13.0. The summed E-state index contributed by atoms with van der Waals surface area (Å²) in [4.78, 5) is 8.92. The Morgan fingerprint density at radius 2 is 2.24 bits per heavy atom. The average Bonchev–Trinajstić information content (AvgIpc) is 2.35. The summed E-state index contributed by atoms with van der Waals surface area (Å²) in [6.45, 7) is 2.95. The quantitative estimate of drug-likeness (QED) is 0.853. The first-order valence-corrected chi connectivity index (χ1v) is 7.21. The average molecular weight is 347 g/mol. The van der Waals surface area contributed by atoms with E-state index < -0.39 is 0 Å². The molecule has 17 heavy (non-hydrogen) atoms. The van der Waals surface area contributed by atoms with E-state index in [1.807, 2.05) is 0 Å². The van der Waals surface area contributed by atoms with Crippen molar-refractivity contribution in [2.45, 2.75) is 45.1 Å². The summed E-state index contributed by atoms with van der Waals surface area (Å²) in [5.41, 5.74) is 6.95. The second kappa shape index (κ2) is 5.95. The summed E-state index contributed by atoms with van der Waals surface area (Å²) in [7, 11) is 0. The first-order chi connectivity index (χ1) is 8.20. The highest BCUT2D eigenvalue weighted by Gasteiger charge is 2.17. The van der Waals surface area contributed by atoms with Crippen molar-refractivity contribution in [3.63, 3.8) is 0 Å². The third kappa shape index (κ3) is 3.28. The van der Waals surface area contributed by atoms with Gasteiger partial charge in [-0.2, -0.15) is 0 Å². The fourth-order valence-electron chi connectivity index (χ4n) is 2.06. The molecular formula is C12H18IN3O. The van der Waals surface area contributed by atoms with Gasteiger partial charge < -0.3 is 10.5 Å². The zero-order valence-electron chi connectivity index (χ0n) is 10.1. The topological polar surface area (TPSA) is 61.0 Å². The van der Waals surface area contributed by atoms with Gasteiger partial charge in [-0.25, -0.2) is 9.97 Å². The minimum absolute atomic E-state index is 0.271. The van der Waals surface area contributed by atoms with E-state index in [9.17, 15) is 0 Å². The van der Waals surface area contributed by atoms with E-state index in [4.69, 9.17) is 10.5 Å². The Hall–Kier alpha value is -0.430. The van der Waals surface area contributed by atoms with Gasteiger partial charge in [-0.05, 0) is 48.3 Å². The van der Waals surface area contributed by atoms with Gasteiger partial charge in [-0.3, -0.25) is 0 Å². The number of nitrogens with two attached hydrogens (primary N) is 1. The van der Waals surface area contributed by atoms with Crippen LogP contribution >= 0.6 is 22.6 Å². The van der Waals surface area contributed by atoms with Crippen LogP contribution in [0, 0.1) is 3.57 Å². The highest BCUT2D eigenvalue weighted by Crippen LogP contribution is 2.20. The lowest BCUT2D eigenvalue weighted by Crippen LogP contribution is -2.23. The fraction of sp³-hybridized carbons (Fsp3) is 0.667. The Kier molecular flexibility index (Phi) is 4.55. The molecule has 0 amide bonds. The Bertz CT molecular complexity index is 392. The van der Waals surface area contributed by atoms with E-state index in [0.29, 0.717) is 5.82 Å². The first-order valence-electron chi connectivity index (χ1n) is 6.13. The zero-order chi connectivity index (χ0) is 12.3. The van der Waals surface area contributed by atoms with Crippen LogP contribution in [0.3, 0.4) is 0 Å². The number of hydrogen-bond donors (Lipinski definition) is 1. The molecular weight excluding hydrogens is 329 g/mol. The zero-order valence-corrected chi connectivity index (χ0v) is 12.2. The third-order valence-electron chi connectivity index (χ3n) is 3.01. The van der Waals surface area contributed by atoms with Gasteiger partial charge in [0, 0.05) is 13.0 Å². The van der Waals surface area contributed by atoms with Crippen LogP contribution < -0.4 is 5.73 Å². The van der Waals surface area contributed by atoms with E-state index in [0.717, 1.165) is 41.0 Å². The Balaban J connectivity index is 2.12. The molecule has 0 saturated carbocycles. The molecule has 1 saturated heterocycles. The molecule has 1 aliphatic heterocycles. The van der Waals surface area contributed by atoms with Crippen LogP contribution in [0.15, 0.2) is 0 Å². The predicted octanol–water partition coefficient (Wildman–Crippen LogP) is 2.34. The fourth-order valence-corrected chi connectivity index (χ4v) is 2.69. The maximum atomic E-state index is 5.90. The largest absolute Gasteiger partial charge is 0.383 e. The molecule has 4 nitrogen and oxygen atoms in total. The smallest absolute Gasteiger partial charge is 0.140 e. The van der Waals surface area contributed by atoms with Crippen LogP contribution in [0.25, 0.3) is 0 Å². The van der Waals surface area contributed by atoms with Crippen LogP contribution in [-0.4, -0.2) is 22.7 Å². The molecule has 2 heterocycles. The number of aryl methyl sites for hydroxylation is 1. The van der Waals surface area contributed by atoms with Gasteiger partial charge in [-0.15, -0.1) is 0 Å². The molecule has 2 rings (SSSR count). The van der Waals surface area contributed by atoms with Crippen LogP contribution in [0.1, 0.15) is 37.7 Å². The SMILES string of the molecule is CCc1nc(CC2CCCCO2)nc(N)c1I. The normalized spacial score (nSPS) is 20.5. The lowest BCUT2D eigenvalue weighted by molar-refractivity contribution is 0.0156. The molecule has 94 valence electrons. The van der Waals surface area contributed by atoms with Crippen LogP contribution in [0.5, 0.6) is 0 Å². The highest BCUT2D eigenvalue weighted by atomic mass is 127. The van der Waals surface area contributed by atoms with Crippen molar-refractivity contribution in [2.24, 2.45) is 0 Å². The van der Waals surface area contributed by atoms with Gasteiger partial charge in [0.25, 0.3) is 0 Å². The van der Waals surface area contributed by atoms with Crippen LogP contribution in [0.4, 0.5) is 5.82 Å². The van der Waals surface area contributed by atoms with Crippen molar-refractivity contribution in [1.82, 2.24) is 9.97 Å². The van der Waals surface area contributed by atoms with Crippen LogP contribution in [0.2, 0.25) is 0 Å². The number of ether oxygens (including phenoxy) is 1. The van der Waals surface area contributed by atoms with Crippen molar-refractivity contribution < 1.29 is 4.74 Å². The Morgan fingerprint density at radius 3 is 2.88 bits per heavy atom. The maximum Gasteiger partial charge on any atom is 0.140 e. The maximum absolute atomic E-state index is 5.90. The minimum atomic E-state index is 0.271. The van der Waals surface area contributed by atoms with E-state index in [-0.39, 0.29) is 6.10 Å². The van der Waals surface area contributed by atoms with E-state index in [1.165, 1.54) is 12.8 Å². The van der Waals surface area contributed by atoms with Crippen LogP contribution in [-0.2, 0) is 17.6 Å². The summed E-state index contributed by atoms with van der Waals surface area (Å²) in [5.74, 6) is 1.43. The molecule has 1 unspecified atom stereocenters. The predicted molar refractivity (Wildman–Crippen MR) is 75.8 cm³/mol. The number of nitrogens with zero attached hydrogens (tertiary/aromatic N) is 2. The highest BCUT2D eigenvalue weighted by molar-refractivity contribution is 14.1. The molecule has 0 radical (unpaired) electrons. The minimum Gasteiger partial charge on any atom is -0.383 e. The van der Waals surface area contributed by atoms with E-state index >= 15 is 0 Å². The van der Waals surface area contributed by atoms with Gasteiger partial charge in [0.2, 0.25) is 0 Å². The van der Waals surface area contributed by atoms with E-state index in [1.54, 1.807) is 0 Å².